The van der Waals surface area contributed by atoms with Crippen molar-refractivity contribution in [1.29, 1.82) is 5.26 Å². The van der Waals surface area contributed by atoms with Crippen molar-refractivity contribution in [2.75, 3.05) is 19.1 Å². The van der Waals surface area contributed by atoms with E-state index in [1.54, 1.807) is 13.2 Å². The van der Waals surface area contributed by atoms with E-state index in [2.05, 4.69) is 11.1 Å². The molecule has 1 heterocycles. The zero-order valence-corrected chi connectivity index (χ0v) is 11.2. The molecule has 0 unspecified atom stereocenters. The van der Waals surface area contributed by atoms with Gasteiger partial charge in [-0.25, -0.2) is 4.98 Å². The van der Waals surface area contributed by atoms with Gasteiger partial charge >= 0.3 is 0 Å². The highest BCUT2D eigenvalue weighted by Crippen LogP contribution is 2.26. The summed E-state index contributed by atoms with van der Waals surface area (Å²) in [7, 11) is 3.53. The summed E-state index contributed by atoms with van der Waals surface area (Å²) in [4.78, 5) is 6.33. The van der Waals surface area contributed by atoms with Crippen molar-refractivity contribution >= 4 is 11.5 Å². The molecule has 2 rings (SSSR count). The maximum absolute atomic E-state index is 9.15. The van der Waals surface area contributed by atoms with Gasteiger partial charge in [-0.05, 0) is 43.3 Å². The molecule has 96 valence electrons. The minimum Gasteiger partial charge on any atom is -0.497 e. The van der Waals surface area contributed by atoms with E-state index in [0.29, 0.717) is 11.4 Å². The normalized spacial score (nSPS) is 9.79. The van der Waals surface area contributed by atoms with Gasteiger partial charge in [0.15, 0.2) is 5.82 Å². The predicted molar refractivity (Wildman–Crippen MR) is 74.7 cm³/mol. The summed E-state index contributed by atoms with van der Waals surface area (Å²) in [5.74, 6) is 1.46. The number of nitrogens with zero attached hydrogens (tertiary/aromatic N) is 3. The van der Waals surface area contributed by atoms with E-state index in [4.69, 9.17) is 10.00 Å². The van der Waals surface area contributed by atoms with Crippen molar-refractivity contribution in [3.8, 4) is 11.8 Å². The molecule has 0 N–H and O–H groups in total. The maximum atomic E-state index is 9.15. The van der Waals surface area contributed by atoms with Gasteiger partial charge in [0.25, 0.3) is 0 Å². The average molecular weight is 253 g/mol. The second-order valence-electron chi connectivity index (χ2n) is 4.19. The van der Waals surface area contributed by atoms with E-state index in [1.807, 2.05) is 49.2 Å². The molecule has 4 heteroatoms. The molecule has 0 spiro atoms. The first-order valence-electron chi connectivity index (χ1n) is 5.91. The predicted octanol–water partition coefficient (Wildman–Crippen LogP) is 3.04. The first-order chi connectivity index (χ1) is 9.15. The molecule has 0 saturated carbocycles. The third-order valence-electron chi connectivity index (χ3n) is 2.91. The average Bonchev–Trinajstić information content (AvgIpc) is 2.46. The van der Waals surface area contributed by atoms with Crippen LogP contribution in [0.1, 0.15) is 11.3 Å². The van der Waals surface area contributed by atoms with Crippen LogP contribution in [0.5, 0.6) is 5.75 Å². The topological polar surface area (TPSA) is 49.1 Å². The van der Waals surface area contributed by atoms with Crippen LogP contribution in [0.25, 0.3) is 0 Å². The Morgan fingerprint density at radius 1 is 1.16 bits per heavy atom. The zero-order valence-electron chi connectivity index (χ0n) is 11.2. The molecule has 0 radical (unpaired) electrons. The first-order valence-corrected chi connectivity index (χ1v) is 5.91. The molecule has 0 aliphatic rings. The van der Waals surface area contributed by atoms with Crippen LogP contribution in [-0.2, 0) is 0 Å². The molecule has 1 aromatic carbocycles. The summed E-state index contributed by atoms with van der Waals surface area (Å²) >= 11 is 0. The first kappa shape index (κ1) is 12.9. The van der Waals surface area contributed by atoms with Gasteiger partial charge in [-0.1, -0.05) is 0 Å². The molecular formula is C15H15N3O. The van der Waals surface area contributed by atoms with Gasteiger partial charge in [-0.2, -0.15) is 5.26 Å². The fourth-order valence-electron chi connectivity index (χ4n) is 1.81. The number of anilines is 2. The minimum absolute atomic E-state index is 0.559. The summed E-state index contributed by atoms with van der Waals surface area (Å²) in [6, 6.07) is 13.4. The highest BCUT2D eigenvalue weighted by atomic mass is 16.5. The molecule has 0 bridgehead atoms. The highest BCUT2D eigenvalue weighted by molar-refractivity contribution is 5.65. The highest BCUT2D eigenvalue weighted by Gasteiger charge is 2.11. The van der Waals surface area contributed by atoms with Crippen molar-refractivity contribution in [1.82, 2.24) is 4.98 Å². The van der Waals surface area contributed by atoms with E-state index in [9.17, 15) is 0 Å². The fraction of sp³-hybridized carbons (Fsp3) is 0.200. The molecule has 0 atom stereocenters. The van der Waals surface area contributed by atoms with Gasteiger partial charge in [0.1, 0.15) is 11.8 Å². The Kier molecular flexibility index (Phi) is 3.67. The van der Waals surface area contributed by atoms with E-state index >= 15 is 0 Å². The number of methoxy groups -OCH3 is 1. The summed E-state index contributed by atoms with van der Waals surface area (Å²) in [5.41, 5.74) is 2.40. The summed E-state index contributed by atoms with van der Waals surface area (Å²) in [6.07, 6.45) is 0. The van der Waals surface area contributed by atoms with Crippen molar-refractivity contribution in [3.63, 3.8) is 0 Å². The number of rotatable bonds is 3. The number of ether oxygens (including phenoxy) is 1. The monoisotopic (exact) mass is 253 g/mol. The molecule has 0 saturated heterocycles. The lowest BCUT2D eigenvalue weighted by Crippen LogP contribution is -2.13. The number of pyridine rings is 1. The fourth-order valence-corrected chi connectivity index (χ4v) is 1.81. The lowest BCUT2D eigenvalue weighted by Gasteiger charge is -2.20. The summed E-state index contributed by atoms with van der Waals surface area (Å²) in [5, 5.41) is 9.15. The molecule has 4 nitrogen and oxygen atoms in total. The molecular weight excluding hydrogens is 238 g/mol. The Bertz CT molecular complexity index is 614. The second kappa shape index (κ2) is 5.40. The molecule has 0 aliphatic carbocycles. The van der Waals surface area contributed by atoms with Crippen LogP contribution in [0, 0.1) is 18.3 Å². The van der Waals surface area contributed by atoms with Crippen molar-refractivity contribution in [3.05, 3.63) is 47.7 Å². The Balaban J connectivity index is 2.40. The van der Waals surface area contributed by atoms with Crippen LogP contribution in [-0.4, -0.2) is 19.1 Å². The maximum Gasteiger partial charge on any atom is 0.150 e. The van der Waals surface area contributed by atoms with E-state index in [-0.39, 0.29) is 0 Å². The largest absolute Gasteiger partial charge is 0.497 e. The molecule has 2 aromatic rings. The standard InChI is InChI=1S/C15H15N3O/c1-11-4-5-12(10-16)15(17-11)18(2)13-6-8-14(19-3)9-7-13/h4-9H,1-3H3. The van der Waals surface area contributed by atoms with Gasteiger partial charge in [-0.15, -0.1) is 0 Å². The van der Waals surface area contributed by atoms with Gasteiger partial charge in [-0.3, -0.25) is 0 Å². The lowest BCUT2D eigenvalue weighted by molar-refractivity contribution is 0.415. The number of aromatic nitrogens is 1. The van der Waals surface area contributed by atoms with E-state index in [1.165, 1.54) is 0 Å². The van der Waals surface area contributed by atoms with Crippen LogP contribution in [0.3, 0.4) is 0 Å². The smallest absolute Gasteiger partial charge is 0.150 e. The lowest BCUT2D eigenvalue weighted by atomic mass is 10.2. The van der Waals surface area contributed by atoms with Crippen molar-refractivity contribution in [2.24, 2.45) is 0 Å². The Hall–Kier alpha value is -2.54. The van der Waals surface area contributed by atoms with Crippen LogP contribution in [0.2, 0.25) is 0 Å². The van der Waals surface area contributed by atoms with Gasteiger partial charge < -0.3 is 9.64 Å². The van der Waals surface area contributed by atoms with E-state index < -0.39 is 0 Å². The van der Waals surface area contributed by atoms with Crippen molar-refractivity contribution < 1.29 is 4.74 Å². The van der Waals surface area contributed by atoms with E-state index in [0.717, 1.165) is 17.1 Å². The van der Waals surface area contributed by atoms with Crippen LogP contribution < -0.4 is 9.64 Å². The number of benzene rings is 1. The second-order valence-corrected chi connectivity index (χ2v) is 4.19. The van der Waals surface area contributed by atoms with Crippen LogP contribution in [0.15, 0.2) is 36.4 Å². The van der Waals surface area contributed by atoms with Crippen molar-refractivity contribution in [2.45, 2.75) is 6.92 Å². The molecule has 19 heavy (non-hydrogen) atoms. The number of aryl methyl sites for hydroxylation is 1. The third kappa shape index (κ3) is 2.66. The van der Waals surface area contributed by atoms with Crippen LogP contribution >= 0.6 is 0 Å². The quantitative estimate of drug-likeness (QED) is 0.843. The zero-order chi connectivity index (χ0) is 13.8. The molecule has 0 fully saturated rings. The third-order valence-corrected chi connectivity index (χ3v) is 2.91. The Morgan fingerprint density at radius 2 is 1.84 bits per heavy atom. The van der Waals surface area contributed by atoms with Gasteiger partial charge in [0.05, 0.1) is 12.7 Å². The number of nitriles is 1. The van der Waals surface area contributed by atoms with Gasteiger partial charge in [0, 0.05) is 18.4 Å². The molecule has 0 amide bonds. The number of hydrogen-bond acceptors (Lipinski definition) is 4. The summed E-state index contributed by atoms with van der Waals surface area (Å²) in [6.45, 7) is 1.91. The Morgan fingerprint density at radius 3 is 2.42 bits per heavy atom. The minimum atomic E-state index is 0.559. The molecule has 0 aliphatic heterocycles. The molecule has 1 aromatic heterocycles. The van der Waals surface area contributed by atoms with Crippen LogP contribution in [0.4, 0.5) is 11.5 Å². The Labute approximate surface area is 112 Å². The number of hydrogen-bond donors (Lipinski definition) is 0. The summed E-state index contributed by atoms with van der Waals surface area (Å²) < 4.78 is 5.13. The van der Waals surface area contributed by atoms with Gasteiger partial charge in [0.2, 0.25) is 0 Å². The SMILES string of the molecule is COc1ccc(N(C)c2nc(C)ccc2C#N)cc1.